The van der Waals surface area contributed by atoms with Gasteiger partial charge < -0.3 is 10.6 Å². The predicted octanol–water partition coefficient (Wildman–Crippen LogP) is 1.43. The van der Waals surface area contributed by atoms with E-state index in [-0.39, 0.29) is 0 Å². The van der Waals surface area contributed by atoms with E-state index in [0.29, 0.717) is 5.84 Å². The van der Waals surface area contributed by atoms with E-state index in [4.69, 9.17) is 11.1 Å². The summed E-state index contributed by atoms with van der Waals surface area (Å²) in [4.78, 5) is 2.50. The van der Waals surface area contributed by atoms with E-state index in [1.54, 1.807) is 0 Å². The first-order valence-electron chi connectivity index (χ1n) is 5.23. The highest BCUT2D eigenvalue weighted by atomic mass is 15.1. The molecular weight excluding hydrogens is 162 g/mol. The fourth-order valence-electron chi connectivity index (χ4n) is 1.98. The summed E-state index contributed by atoms with van der Waals surface area (Å²) in [5, 5.41) is 7.11. The molecule has 3 nitrogen and oxygen atoms in total. The number of nitrogens with two attached hydrogens (primary N) is 1. The van der Waals surface area contributed by atoms with Crippen molar-refractivity contribution >= 4 is 5.84 Å². The number of hydrogen-bond donors (Lipinski definition) is 2. The normalized spacial score (nSPS) is 24.5. The van der Waals surface area contributed by atoms with E-state index >= 15 is 0 Å². The van der Waals surface area contributed by atoms with Gasteiger partial charge in [-0.15, -0.1) is 0 Å². The van der Waals surface area contributed by atoms with Crippen LogP contribution >= 0.6 is 0 Å². The maximum atomic E-state index is 7.11. The Balaban J connectivity index is 2.10. The van der Waals surface area contributed by atoms with Crippen LogP contribution in [-0.4, -0.2) is 30.4 Å². The van der Waals surface area contributed by atoms with Crippen LogP contribution in [0.3, 0.4) is 0 Å². The second kappa shape index (κ2) is 5.22. The van der Waals surface area contributed by atoms with Crippen LogP contribution < -0.4 is 5.73 Å². The zero-order valence-electron chi connectivity index (χ0n) is 8.55. The van der Waals surface area contributed by atoms with Gasteiger partial charge in [-0.3, -0.25) is 5.41 Å². The van der Waals surface area contributed by atoms with Crippen LogP contribution in [0.25, 0.3) is 0 Å². The van der Waals surface area contributed by atoms with E-state index in [0.717, 1.165) is 25.3 Å². The standard InChI is InChI=1S/C10H21N3/c1-9-4-2-6-13(8-9)7-3-5-10(11)12/h9H,2-8H2,1H3,(H3,11,12)/t9-/m0/s1. The molecule has 0 bridgehead atoms. The fourth-order valence-corrected chi connectivity index (χ4v) is 1.98. The van der Waals surface area contributed by atoms with Crippen molar-refractivity contribution in [3.8, 4) is 0 Å². The quantitative estimate of drug-likeness (QED) is 0.512. The topological polar surface area (TPSA) is 53.1 Å². The van der Waals surface area contributed by atoms with Gasteiger partial charge in [0.2, 0.25) is 0 Å². The van der Waals surface area contributed by atoms with E-state index in [1.165, 1.54) is 25.9 Å². The number of piperidine rings is 1. The molecule has 0 aromatic heterocycles. The Labute approximate surface area is 80.8 Å². The van der Waals surface area contributed by atoms with Gasteiger partial charge in [-0.1, -0.05) is 6.92 Å². The molecule has 76 valence electrons. The molecule has 1 fully saturated rings. The second-order valence-electron chi connectivity index (χ2n) is 4.18. The highest BCUT2D eigenvalue weighted by molar-refractivity contribution is 5.76. The van der Waals surface area contributed by atoms with Gasteiger partial charge in [0, 0.05) is 13.0 Å². The summed E-state index contributed by atoms with van der Waals surface area (Å²) in [7, 11) is 0. The third kappa shape index (κ3) is 4.27. The van der Waals surface area contributed by atoms with Crippen LogP contribution in [0.15, 0.2) is 0 Å². The molecule has 1 heterocycles. The number of rotatable bonds is 4. The van der Waals surface area contributed by atoms with Crippen molar-refractivity contribution < 1.29 is 0 Å². The smallest absolute Gasteiger partial charge is 0.0905 e. The molecule has 0 unspecified atom stereocenters. The average Bonchev–Trinajstić information content (AvgIpc) is 2.03. The Bertz CT molecular complexity index is 168. The molecule has 1 saturated heterocycles. The molecule has 0 aromatic rings. The first kappa shape index (κ1) is 10.5. The Morgan fingerprint density at radius 3 is 3.00 bits per heavy atom. The van der Waals surface area contributed by atoms with E-state index in [1.807, 2.05) is 0 Å². The summed E-state index contributed by atoms with van der Waals surface area (Å²) in [6.07, 6.45) is 4.51. The van der Waals surface area contributed by atoms with Gasteiger partial charge in [-0.2, -0.15) is 0 Å². The van der Waals surface area contributed by atoms with Crippen LogP contribution in [0.4, 0.5) is 0 Å². The minimum absolute atomic E-state index is 0.324. The summed E-state index contributed by atoms with van der Waals surface area (Å²) in [6, 6.07) is 0. The lowest BCUT2D eigenvalue weighted by molar-refractivity contribution is 0.183. The highest BCUT2D eigenvalue weighted by Gasteiger charge is 2.15. The molecule has 0 saturated carbocycles. The van der Waals surface area contributed by atoms with Crippen molar-refractivity contribution in [2.24, 2.45) is 11.7 Å². The minimum Gasteiger partial charge on any atom is -0.388 e. The molecule has 0 radical (unpaired) electrons. The highest BCUT2D eigenvalue weighted by Crippen LogP contribution is 2.15. The fraction of sp³-hybridized carbons (Fsp3) is 0.900. The van der Waals surface area contributed by atoms with Crippen LogP contribution in [0.5, 0.6) is 0 Å². The lowest BCUT2D eigenvalue weighted by Gasteiger charge is -2.30. The summed E-state index contributed by atoms with van der Waals surface area (Å²) in [5.41, 5.74) is 5.30. The third-order valence-corrected chi connectivity index (χ3v) is 2.66. The van der Waals surface area contributed by atoms with E-state index in [9.17, 15) is 0 Å². The Morgan fingerprint density at radius 2 is 2.38 bits per heavy atom. The Hall–Kier alpha value is -0.570. The number of amidine groups is 1. The molecular formula is C10H21N3. The summed E-state index contributed by atoms with van der Waals surface area (Å²) in [5.74, 6) is 1.18. The Morgan fingerprint density at radius 1 is 1.62 bits per heavy atom. The molecule has 13 heavy (non-hydrogen) atoms. The molecule has 1 aliphatic rings. The van der Waals surface area contributed by atoms with Crippen LogP contribution in [-0.2, 0) is 0 Å². The largest absolute Gasteiger partial charge is 0.388 e. The molecule has 1 aliphatic heterocycles. The van der Waals surface area contributed by atoms with Crippen LogP contribution in [0.1, 0.15) is 32.6 Å². The number of hydrogen-bond acceptors (Lipinski definition) is 2. The zero-order valence-corrected chi connectivity index (χ0v) is 8.55. The summed E-state index contributed by atoms with van der Waals surface area (Å²) >= 11 is 0. The molecule has 1 rings (SSSR count). The number of nitrogens with zero attached hydrogens (tertiary/aromatic N) is 1. The molecule has 3 heteroatoms. The van der Waals surface area contributed by atoms with Crippen molar-refractivity contribution in [2.45, 2.75) is 32.6 Å². The van der Waals surface area contributed by atoms with Gasteiger partial charge in [0.25, 0.3) is 0 Å². The van der Waals surface area contributed by atoms with Gasteiger partial charge >= 0.3 is 0 Å². The zero-order chi connectivity index (χ0) is 9.68. The maximum absolute atomic E-state index is 7.11. The van der Waals surface area contributed by atoms with Gasteiger partial charge in [0.05, 0.1) is 5.84 Å². The SMILES string of the molecule is C[C@H]1CCCN(CCCC(=N)N)C1. The summed E-state index contributed by atoms with van der Waals surface area (Å²) in [6.45, 7) is 5.90. The van der Waals surface area contributed by atoms with Crippen LogP contribution in [0.2, 0.25) is 0 Å². The first-order valence-corrected chi connectivity index (χ1v) is 5.23. The van der Waals surface area contributed by atoms with Crippen molar-refractivity contribution in [2.75, 3.05) is 19.6 Å². The van der Waals surface area contributed by atoms with Crippen molar-refractivity contribution in [1.29, 1.82) is 5.41 Å². The van der Waals surface area contributed by atoms with Gasteiger partial charge in [0.1, 0.15) is 0 Å². The second-order valence-corrected chi connectivity index (χ2v) is 4.18. The maximum Gasteiger partial charge on any atom is 0.0905 e. The first-order chi connectivity index (χ1) is 6.18. The molecule has 0 amide bonds. The van der Waals surface area contributed by atoms with Gasteiger partial charge in [0.15, 0.2) is 0 Å². The molecule has 0 aromatic carbocycles. The number of likely N-dealkylation sites (tertiary alicyclic amines) is 1. The number of nitrogens with one attached hydrogen (secondary N) is 1. The average molecular weight is 183 g/mol. The predicted molar refractivity (Wildman–Crippen MR) is 56.0 cm³/mol. The van der Waals surface area contributed by atoms with Crippen molar-refractivity contribution in [3.63, 3.8) is 0 Å². The molecule has 1 atom stereocenters. The lowest BCUT2D eigenvalue weighted by Crippen LogP contribution is -2.35. The van der Waals surface area contributed by atoms with Crippen molar-refractivity contribution in [3.05, 3.63) is 0 Å². The lowest BCUT2D eigenvalue weighted by atomic mass is 10.0. The molecule has 0 spiro atoms. The van der Waals surface area contributed by atoms with Gasteiger partial charge in [-0.05, 0) is 38.3 Å². The molecule has 0 aliphatic carbocycles. The van der Waals surface area contributed by atoms with E-state index < -0.39 is 0 Å². The third-order valence-electron chi connectivity index (χ3n) is 2.66. The summed E-state index contributed by atoms with van der Waals surface area (Å²) < 4.78 is 0. The minimum atomic E-state index is 0.324. The monoisotopic (exact) mass is 183 g/mol. The van der Waals surface area contributed by atoms with E-state index in [2.05, 4.69) is 11.8 Å². The van der Waals surface area contributed by atoms with Crippen molar-refractivity contribution in [1.82, 2.24) is 4.90 Å². The Kier molecular flexibility index (Phi) is 4.22. The van der Waals surface area contributed by atoms with Gasteiger partial charge in [-0.25, -0.2) is 0 Å². The molecule has 3 N–H and O–H groups in total. The van der Waals surface area contributed by atoms with Crippen LogP contribution in [0, 0.1) is 11.3 Å².